The number of rotatable bonds is 6. The minimum absolute atomic E-state index is 0.0497. The van der Waals surface area contributed by atoms with Crippen molar-refractivity contribution in [2.75, 3.05) is 37.8 Å². The SMILES string of the molecule is CN(CC1CN(c2cc(C3CC3)nc(S(C)(=O)=O)n2)C1)C(=O)C(F)F. The van der Waals surface area contributed by atoms with Gasteiger partial charge in [-0.1, -0.05) is 0 Å². The van der Waals surface area contributed by atoms with Crippen LogP contribution in [-0.4, -0.2) is 68.6 Å². The number of hydrogen-bond acceptors (Lipinski definition) is 6. The molecule has 1 saturated carbocycles. The molecular weight excluding hydrogens is 354 g/mol. The van der Waals surface area contributed by atoms with Crippen molar-refractivity contribution in [3.63, 3.8) is 0 Å². The van der Waals surface area contributed by atoms with Crippen molar-refractivity contribution in [3.05, 3.63) is 11.8 Å². The van der Waals surface area contributed by atoms with Crippen LogP contribution >= 0.6 is 0 Å². The summed E-state index contributed by atoms with van der Waals surface area (Å²) >= 11 is 0. The number of carbonyl (C=O) groups excluding carboxylic acids is 1. The van der Waals surface area contributed by atoms with Gasteiger partial charge in [-0.2, -0.15) is 8.78 Å². The topological polar surface area (TPSA) is 83.5 Å². The molecule has 1 aromatic rings. The summed E-state index contributed by atoms with van der Waals surface area (Å²) in [7, 11) is -2.15. The van der Waals surface area contributed by atoms with Gasteiger partial charge in [-0.05, 0) is 12.8 Å². The van der Waals surface area contributed by atoms with Crippen molar-refractivity contribution in [3.8, 4) is 0 Å². The van der Waals surface area contributed by atoms with E-state index in [0.717, 1.165) is 29.7 Å². The molecular formula is C15H20F2N4O3S. The minimum Gasteiger partial charge on any atom is -0.356 e. The van der Waals surface area contributed by atoms with Crippen LogP contribution in [0.25, 0.3) is 0 Å². The lowest BCUT2D eigenvalue weighted by Gasteiger charge is -2.41. The quantitative estimate of drug-likeness (QED) is 0.689. The number of halogens is 2. The van der Waals surface area contributed by atoms with Crippen LogP contribution < -0.4 is 4.90 Å². The van der Waals surface area contributed by atoms with E-state index >= 15 is 0 Å². The Morgan fingerprint density at radius 3 is 2.52 bits per heavy atom. The fraction of sp³-hybridized carbons (Fsp3) is 0.667. The number of hydrogen-bond donors (Lipinski definition) is 0. The first-order valence-corrected chi connectivity index (χ1v) is 9.91. The minimum atomic E-state index is -3.51. The summed E-state index contributed by atoms with van der Waals surface area (Å²) in [6, 6.07) is 1.80. The van der Waals surface area contributed by atoms with Crippen molar-refractivity contribution in [2.45, 2.75) is 30.3 Å². The summed E-state index contributed by atoms with van der Waals surface area (Å²) in [6.45, 7) is 1.30. The predicted molar refractivity (Wildman–Crippen MR) is 86.5 cm³/mol. The molecule has 25 heavy (non-hydrogen) atoms. The highest BCUT2D eigenvalue weighted by atomic mass is 32.2. The van der Waals surface area contributed by atoms with E-state index in [1.165, 1.54) is 7.05 Å². The Labute approximate surface area is 145 Å². The highest BCUT2D eigenvalue weighted by Crippen LogP contribution is 2.40. The average molecular weight is 374 g/mol. The van der Waals surface area contributed by atoms with Crippen molar-refractivity contribution in [1.29, 1.82) is 0 Å². The molecule has 0 N–H and O–H groups in total. The van der Waals surface area contributed by atoms with Crippen molar-refractivity contribution < 1.29 is 22.0 Å². The van der Waals surface area contributed by atoms with E-state index in [9.17, 15) is 22.0 Å². The number of amides is 1. The predicted octanol–water partition coefficient (Wildman–Crippen LogP) is 0.917. The van der Waals surface area contributed by atoms with E-state index < -0.39 is 22.2 Å². The molecule has 1 saturated heterocycles. The standard InChI is InChI=1S/C15H20F2N4O3S/c1-20(14(22)13(16)17)6-9-7-21(8-9)12-5-11(10-3-4-10)18-15(19-12)25(2,23)24/h5,9-10,13H,3-4,6-8H2,1-2H3. The first-order chi connectivity index (χ1) is 11.6. The molecule has 138 valence electrons. The highest BCUT2D eigenvalue weighted by Gasteiger charge is 2.34. The third-order valence-electron chi connectivity index (χ3n) is 4.42. The normalized spacial score (nSPS) is 18.4. The molecule has 0 spiro atoms. The van der Waals surface area contributed by atoms with Crippen molar-refractivity contribution in [1.82, 2.24) is 14.9 Å². The molecule has 7 nitrogen and oxygen atoms in total. The Morgan fingerprint density at radius 2 is 2.00 bits per heavy atom. The van der Waals surface area contributed by atoms with Crippen LogP contribution in [0.3, 0.4) is 0 Å². The van der Waals surface area contributed by atoms with Gasteiger partial charge in [0, 0.05) is 50.8 Å². The Kier molecular flexibility index (Phi) is 4.65. The van der Waals surface area contributed by atoms with Gasteiger partial charge in [-0.25, -0.2) is 18.4 Å². The van der Waals surface area contributed by atoms with Gasteiger partial charge in [0.1, 0.15) is 5.82 Å². The largest absolute Gasteiger partial charge is 0.356 e. The van der Waals surface area contributed by atoms with Gasteiger partial charge in [0.15, 0.2) is 0 Å². The number of aromatic nitrogens is 2. The summed E-state index contributed by atoms with van der Waals surface area (Å²) < 4.78 is 48.4. The van der Waals surface area contributed by atoms with E-state index in [1.807, 2.05) is 4.90 Å². The first-order valence-electron chi connectivity index (χ1n) is 8.02. The second-order valence-electron chi connectivity index (χ2n) is 6.77. The molecule has 2 heterocycles. The van der Waals surface area contributed by atoms with Gasteiger partial charge in [0.2, 0.25) is 15.0 Å². The third-order valence-corrected chi connectivity index (χ3v) is 5.26. The molecule has 10 heteroatoms. The molecule has 0 bridgehead atoms. The fourth-order valence-electron chi connectivity index (χ4n) is 2.86. The summed E-state index contributed by atoms with van der Waals surface area (Å²) in [6.07, 6.45) is 0.0552. The molecule has 0 radical (unpaired) electrons. The second kappa shape index (κ2) is 6.47. The Hall–Kier alpha value is -1.84. The average Bonchev–Trinajstić information content (AvgIpc) is 3.32. The number of anilines is 1. The van der Waals surface area contributed by atoms with Gasteiger partial charge in [0.25, 0.3) is 5.91 Å². The van der Waals surface area contributed by atoms with E-state index in [0.29, 0.717) is 18.9 Å². The van der Waals surface area contributed by atoms with Crippen LogP contribution in [-0.2, 0) is 14.6 Å². The summed E-state index contributed by atoms with van der Waals surface area (Å²) in [5.74, 6) is -0.310. The van der Waals surface area contributed by atoms with Gasteiger partial charge >= 0.3 is 6.43 Å². The molecule has 1 amide bonds. The van der Waals surface area contributed by atoms with Gasteiger partial charge < -0.3 is 9.80 Å². The monoisotopic (exact) mass is 374 g/mol. The van der Waals surface area contributed by atoms with Crippen LogP contribution in [0.2, 0.25) is 0 Å². The fourth-order valence-corrected chi connectivity index (χ4v) is 3.39. The molecule has 0 atom stereocenters. The maximum Gasteiger partial charge on any atom is 0.315 e. The highest BCUT2D eigenvalue weighted by molar-refractivity contribution is 7.90. The Bertz CT molecular complexity index is 777. The molecule has 2 fully saturated rings. The van der Waals surface area contributed by atoms with Crippen LogP contribution in [0, 0.1) is 5.92 Å². The Balaban J connectivity index is 1.68. The number of alkyl halides is 2. The van der Waals surface area contributed by atoms with E-state index in [1.54, 1.807) is 6.07 Å². The Morgan fingerprint density at radius 1 is 1.36 bits per heavy atom. The number of nitrogens with zero attached hydrogens (tertiary/aromatic N) is 4. The van der Waals surface area contributed by atoms with E-state index in [-0.39, 0.29) is 23.5 Å². The van der Waals surface area contributed by atoms with Crippen LogP contribution in [0.4, 0.5) is 14.6 Å². The van der Waals surface area contributed by atoms with E-state index in [4.69, 9.17) is 0 Å². The van der Waals surface area contributed by atoms with E-state index in [2.05, 4.69) is 9.97 Å². The lowest BCUT2D eigenvalue weighted by atomic mass is 9.99. The summed E-state index contributed by atoms with van der Waals surface area (Å²) in [4.78, 5) is 22.4. The molecule has 1 aliphatic carbocycles. The smallest absolute Gasteiger partial charge is 0.315 e. The number of carbonyl (C=O) groups is 1. The molecule has 0 aromatic carbocycles. The zero-order valence-corrected chi connectivity index (χ0v) is 14.8. The van der Waals surface area contributed by atoms with Crippen LogP contribution in [0.5, 0.6) is 0 Å². The number of sulfone groups is 1. The van der Waals surface area contributed by atoms with Gasteiger partial charge in [-0.15, -0.1) is 0 Å². The molecule has 3 rings (SSSR count). The summed E-state index contributed by atoms with van der Waals surface area (Å²) in [5, 5.41) is -0.180. The second-order valence-corrected chi connectivity index (χ2v) is 8.68. The maximum atomic E-state index is 12.4. The van der Waals surface area contributed by atoms with Gasteiger partial charge in [-0.3, -0.25) is 4.79 Å². The van der Waals surface area contributed by atoms with Crippen LogP contribution in [0.15, 0.2) is 11.2 Å². The zero-order valence-electron chi connectivity index (χ0n) is 14.0. The molecule has 1 aliphatic heterocycles. The maximum absolute atomic E-state index is 12.4. The third kappa shape index (κ3) is 4.05. The summed E-state index contributed by atoms with van der Waals surface area (Å²) in [5.41, 5.74) is 0.735. The zero-order chi connectivity index (χ0) is 18.4. The first kappa shape index (κ1) is 18.0. The molecule has 1 aromatic heterocycles. The van der Waals surface area contributed by atoms with Gasteiger partial charge in [0.05, 0.1) is 5.69 Å². The van der Waals surface area contributed by atoms with Crippen molar-refractivity contribution in [2.24, 2.45) is 5.92 Å². The molecule has 0 unspecified atom stereocenters. The van der Waals surface area contributed by atoms with Crippen LogP contribution in [0.1, 0.15) is 24.5 Å². The van der Waals surface area contributed by atoms with Crippen molar-refractivity contribution >= 4 is 21.6 Å². The lowest BCUT2D eigenvalue weighted by molar-refractivity contribution is -0.142. The molecule has 2 aliphatic rings. The lowest BCUT2D eigenvalue weighted by Crippen LogP contribution is -2.52.